The molecule has 0 saturated carbocycles. The molecule has 0 radical (unpaired) electrons. The molecule has 0 aliphatic carbocycles. The number of hydrogen-bond acceptors (Lipinski definition) is 3. The van der Waals surface area contributed by atoms with Crippen LogP contribution in [0, 0.1) is 0 Å². The van der Waals surface area contributed by atoms with Crippen LogP contribution in [0.1, 0.15) is 17.5 Å². The van der Waals surface area contributed by atoms with Crippen molar-refractivity contribution in [2.24, 2.45) is 0 Å². The summed E-state index contributed by atoms with van der Waals surface area (Å²) in [6.45, 7) is 0.0484. The summed E-state index contributed by atoms with van der Waals surface area (Å²) < 4.78 is 42.8. The molecule has 2 N–H and O–H groups in total. The monoisotopic (exact) mass is 317 g/mol. The quantitative estimate of drug-likeness (QED) is 0.884. The van der Waals surface area contributed by atoms with Crippen molar-refractivity contribution < 1.29 is 32.6 Å². The van der Waals surface area contributed by atoms with Gasteiger partial charge in [0.2, 0.25) is 5.91 Å². The maximum Gasteiger partial charge on any atom is 0.416 e. The van der Waals surface area contributed by atoms with Gasteiger partial charge in [0.15, 0.2) is 5.54 Å². The summed E-state index contributed by atoms with van der Waals surface area (Å²) in [6, 6.07) is 4.37. The van der Waals surface area contributed by atoms with Crippen LogP contribution in [0.5, 0.6) is 0 Å². The van der Waals surface area contributed by atoms with Crippen LogP contribution in [0.2, 0.25) is 0 Å². The van der Waals surface area contributed by atoms with Crippen LogP contribution < -0.4 is 5.32 Å². The number of amides is 1. The van der Waals surface area contributed by atoms with E-state index in [2.05, 4.69) is 5.32 Å². The molecule has 120 valence electrons. The van der Waals surface area contributed by atoms with Gasteiger partial charge in [-0.05, 0) is 11.6 Å². The van der Waals surface area contributed by atoms with E-state index in [1.807, 2.05) is 0 Å². The smallest absolute Gasteiger partial charge is 0.416 e. The van der Waals surface area contributed by atoms with Crippen LogP contribution in [-0.4, -0.2) is 35.7 Å². The Labute approximate surface area is 124 Å². The highest BCUT2D eigenvalue weighted by atomic mass is 19.4. The van der Waals surface area contributed by atoms with Gasteiger partial charge in [-0.1, -0.05) is 18.2 Å². The van der Waals surface area contributed by atoms with E-state index < -0.39 is 29.2 Å². The van der Waals surface area contributed by atoms with E-state index in [9.17, 15) is 27.9 Å². The number of nitrogens with one attached hydrogen (secondary N) is 1. The topological polar surface area (TPSA) is 75.6 Å². The van der Waals surface area contributed by atoms with E-state index in [0.29, 0.717) is 0 Å². The number of rotatable bonds is 4. The van der Waals surface area contributed by atoms with Crippen molar-refractivity contribution in [1.29, 1.82) is 0 Å². The van der Waals surface area contributed by atoms with Crippen LogP contribution in [0.25, 0.3) is 0 Å². The molecule has 1 aliphatic heterocycles. The highest BCUT2D eigenvalue weighted by Gasteiger charge is 2.43. The maximum absolute atomic E-state index is 12.6. The predicted molar refractivity (Wildman–Crippen MR) is 69.1 cm³/mol. The van der Waals surface area contributed by atoms with Crippen molar-refractivity contribution in [2.45, 2.75) is 24.6 Å². The minimum atomic E-state index is -4.49. The molecule has 1 amide bonds. The molecule has 5 nitrogen and oxygen atoms in total. The van der Waals surface area contributed by atoms with E-state index in [4.69, 9.17) is 4.74 Å². The number of aliphatic carboxylic acids is 1. The van der Waals surface area contributed by atoms with Crippen LogP contribution in [-0.2, 0) is 26.9 Å². The number of benzene rings is 1. The standard InChI is InChI=1S/C14H14F3NO4/c15-14(16,17)10-3-1-2-9(6-10)7-11(19)18-13(12(20)21)4-5-22-8-13/h1-3,6H,4-5,7-8H2,(H,18,19)(H,20,21). The minimum Gasteiger partial charge on any atom is -0.479 e. The lowest BCUT2D eigenvalue weighted by Gasteiger charge is -2.23. The zero-order valence-electron chi connectivity index (χ0n) is 11.4. The predicted octanol–water partition coefficient (Wildman–Crippen LogP) is 1.61. The van der Waals surface area contributed by atoms with E-state index in [0.717, 1.165) is 12.1 Å². The van der Waals surface area contributed by atoms with Gasteiger partial charge in [0, 0.05) is 13.0 Å². The molecule has 1 fully saturated rings. The normalized spacial score (nSPS) is 21.6. The molecular weight excluding hydrogens is 303 g/mol. The fraction of sp³-hybridized carbons (Fsp3) is 0.429. The molecular formula is C14H14F3NO4. The molecule has 0 aromatic heterocycles. The molecule has 2 rings (SSSR count). The minimum absolute atomic E-state index is 0.122. The van der Waals surface area contributed by atoms with E-state index in [-0.39, 0.29) is 31.6 Å². The Hall–Kier alpha value is -2.09. The van der Waals surface area contributed by atoms with Gasteiger partial charge in [-0.25, -0.2) is 4.79 Å². The van der Waals surface area contributed by atoms with Crippen molar-refractivity contribution in [3.05, 3.63) is 35.4 Å². The van der Waals surface area contributed by atoms with Crippen molar-refractivity contribution in [1.82, 2.24) is 5.32 Å². The first-order chi connectivity index (χ1) is 10.2. The number of carbonyl (C=O) groups excluding carboxylic acids is 1. The van der Waals surface area contributed by atoms with E-state index >= 15 is 0 Å². The second-order valence-electron chi connectivity index (χ2n) is 5.11. The number of carbonyl (C=O) groups is 2. The number of halogens is 3. The number of carboxylic acids is 1. The number of alkyl halides is 3. The molecule has 1 heterocycles. The zero-order chi connectivity index (χ0) is 16.4. The van der Waals surface area contributed by atoms with Crippen LogP contribution >= 0.6 is 0 Å². The Morgan fingerprint density at radius 2 is 2.09 bits per heavy atom. The Morgan fingerprint density at radius 1 is 1.36 bits per heavy atom. The third-order valence-electron chi connectivity index (χ3n) is 3.43. The van der Waals surface area contributed by atoms with Gasteiger partial charge in [-0.15, -0.1) is 0 Å². The summed E-state index contributed by atoms with van der Waals surface area (Å²) in [4.78, 5) is 23.2. The van der Waals surface area contributed by atoms with Crippen molar-refractivity contribution in [3.8, 4) is 0 Å². The Balaban J connectivity index is 2.08. The van der Waals surface area contributed by atoms with Crippen molar-refractivity contribution >= 4 is 11.9 Å². The number of carboxylic acid groups (broad SMARTS) is 1. The lowest BCUT2D eigenvalue weighted by molar-refractivity contribution is -0.147. The second kappa shape index (κ2) is 5.96. The van der Waals surface area contributed by atoms with E-state index in [1.165, 1.54) is 12.1 Å². The molecule has 0 bridgehead atoms. The second-order valence-corrected chi connectivity index (χ2v) is 5.11. The van der Waals surface area contributed by atoms with Gasteiger partial charge in [0.05, 0.1) is 18.6 Å². The SMILES string of the molecule is O=C(Cc1cccc(C(F)(F)F)c1)NC1(C(=O)O)CCOC1. The molecule has 1 atom stereocenters. The summed E-state index contributed by atoms with van der Waals surface area (Å²) in [5, 5.41) is 11.5. The fourth-order valence-corrected chi connectivity index (χ4v) is 2.24. The van der Waals surface area contributed by atoms with Gasteiger partial charge >= 0.3 is 12.1 Å². The summed E-state index contributed by atoms with van der Waals surface area (Å²) in [5.41, 5.74) is -2.19. The number of hydrogen-bond donors (Lipinski definition) is 2. The zero-order valence-corrected chi connectivity index (χ0v) is 11.4. The number of ether oxygens (including phenoxy) is 1. The first-order valence-electron chi connectivity index (χ1n) is 6.51. The lowest BCUT2D eigenvalue weighted by Crippen LogP contribution is -2.55. The van der Waals surface area contributed by atoms with Crippen LogP contribution in [0.4, 0.5) is 13.2 Å². The highest BCUT2D eigenvalue weighted by molar-refractivity contribution is 5.88. The molecule has 1 saturated heterocycles. The first-order valence-corrected chi connectivity index (χ1v) is 6.51. The van der Waals surface area contributed by atoms with Crippen molar-refractivity contribution in [3.63, 3.8) is 0 Å². The molecule has 1 aromatic carbocycles. The summed E-state index contributed by atoms with van der Waals surface area (Å²) in [5.74, 6) is -1.88. The molecule has 1 aromatic rings. The Kier molecular flexibility index (Phi) is 4.41. The molecule has 1 aliphatic rings. The van der Waals surface area contributed by atoms with Gasteiger partial charge in [0.1, 0.15) is 0 Å². The van der Waals surface area contributed by atoms with Gasteiger partial charge < -0.3 is 15.2 Å². The molecule has 0 spiro atoms. The molecule has 8 heteroatoms. The molecule has 1 unspecified atom stereocenters. The average molecular weight is 317 g/mol. The van der Waals surface area contributed by atoms with Crippen LogP contribution in [0.3, 0.4) is 0 Å². The summed E-state index contributed by atoms with van der Waals surface area (Å²) >= 11 is 0. The summed E-state index contributed by atoms with van der Waals surface area (Å²) in [6.07, 6.45) is -4.70. The summed E-state index contributed by atoms with van der Waals surface area (Å²) in [7, 11) is 0. The molecule has 22 heavy (non-hydrogen) atoms. The van der Waals surface area contributed by atoms with Gasteiger partial charge in [0.25, 0.3) is 0 Å². The van der Waals surface area contributed by atoms with Gasteiger partial charge in [-0.2, -0.15) is 13.2 Å². The first kappa shape index (κ1) is 16.3. The third kappa shape index (κ3) is 3.56. The largest absolute Gasteiger partial charge is 0.479 e. The van der Waals surface area contributed by atoms with Gasteiger partial charge in [-0.3, -0.25) is 4.79 Å². The van der Waals surface area contributed by atoms with Crippen molar-refractivity contribution in [2.75, 3.05) is 13.2 Å². The third-order valence-corrected chi connectivity index (χ3v) is 3.43. The van der Waals surface area contributed by atoms with Crippen LogP contribution in [0.15, 0.2) is 24.3 Å². The Bertz CT molecular complexity index is 580. The Morgan fingerprint density at radius 3 is 2.64 bits per heavy atom. The highest BCUT2D eigenvalue weighted by Crippen LogP contribution is 2.29. The van der Waals surface area contributed by atoms with E-state index in [1.54, 1.807) is 0 Å². The average Bonchev–Trinajstić information content (AvgIpc) is 2.87. The fourth-order valence-electron chi connectivity index (χ4n) is 2.24. The lowest BCUT2D eigenvalue weighted by atomic mass is 9.98. The maximum atomic E-state index is 12.6.